The molecular weight excluding hydrogens is 384 g/mol. The molecule has 1 aromatic heterocycles. The Morgan fingerprint density at radius 3 is 2.76 bits per heavy atom. The molecule has 0 bridgehead atoms. The fourth-order valence-corrected chi connectivity index (χ4v) is 4.01. The van der Waals surface area contributed by atoms with Crippen LogP contribution in [-0.4, -0.2) is 32.7 Å². The summed E-state index contributed by atoms with van der Waals surface area (Å²) in [6, 6.07) is 4.39. The van der Waals surface area contributed by atoms with Gasteiger partial charge in [-0.25, -0.2) is 14.8 Å². The molecule has 1 aromatic carbocycles. The molecule has 3 rings (SSSR count). The molecule has 0 unspecified atom stereocenters. The molecule has 0 atom stereocenters. The van der Waals surface area contributed by atoms with E-state index in [1.165, 1.54) is 5.56 Å². The zero-order valence-electron chi connectivity index (χ0n) is 14.5. The van der Waals surface area contributed by atoms with Gasteiger partial charge in [0, 0.05) is 27.6 Å². The van der Waals surface area contributed by atoms with Crippen molar-refractivity contribution in [2.24, 2.45) is 0 Å². The number of aryl methyl sites for hydroxylation is 1. The molecule has 1 amide bonds. The van der Waals surface area contributed by atoms with Crippen LogP contribution in [0.3, 0.4) is 0 Å². The van der Waals surface area contributed by atoms with Gasteiger partial charge in [-0.3, -0.25) is 0 Å². The highest BCUT2D eigenvalue weighted by Crippen LogP contribution is 2.30. The van der Waals surface area contributed by atoms with Crippen molar-refractivity contribution in [2.75, 3.05) is 5.32 Å². The lowest BCUT2D eigenvalue weighted by Gasteiger charge is -2.37. The van der Waals surface area contributed by atoms with Crippen LogP contribution in [-0.2, 0) is 6.42 Å². The Hall–Kier alpha value is -1.89. The van der Waals surface area contributed by atoms with E-state index in [1.807, 2.05) is 19.2 Å². The van der Waals surface area contributed by atoms with Crippen molar-refractivity contribution >= 4 is 38.9 Å². The number of carbonyl (C=O) groups is 1. The normalized spacial score (nSPS) is 23.4. The molecule has 0 radical (unpaired) electrons. The first kappa shape index (κ1) is 17.9. The van der Waals surface area contributed by atoms with Gasteiger partial charge in [0.2, 0.25) is 5.95 Å². The number of hydrogen-bond donors (Lipinski definition) is 3. The van der Waals surface area contributed by atoms with E-state index in [2.05, 4.69) is 44.5 Å². The van der Waals surface area contributed by atoms with Crippen LogP contribution in [0.5, 0.6) is 0 Å². The Morgan fingerprint density at radius 2 is 2.12 bits per heavy atom. The number of halogens is 1. The van der Waals surface area contributed by atoms with E-state index in [-0.39, 0.29) is 11.6 Å². The van der Waals surface area contributed by atoms with Gasteiger partial charge < -0.3 is 15.7 Å². The molecule has 1 aliphatic rings. The number of nitrogens with zero attached hydrogens (tertiary/aromatic N) is 2. The molecule has 1 saturated carbocycles. The van der Waals surface area contributed by atoms with E-state index >= 15 is 0 Å². The van der Waals surface area contributed by atoms with Crippen molar-refractivity contribution in [3.8, 4) is 0 Å². The SMILES string of the molecule is CCc1cc(Br)cc2cnc(NC3CCC(C)(NC(=O)O)CC3)nc12. The highest BCUT2D eigenvalue weighted by Gasteiger charge is 2.32. The molecule has 0 aliphatic heterocycles. The highest BCUT2D eigenvalue weighted by atomic mass is 79.9. The zero-order valence-corrected chi connectivity index (χ0v) is 16.1. The number of carboxylic acid groups (broad SMARTS) is 1. The van der Waals surface area contributed by atoms with Crippen molar-refractivity contribution in [3.63, 3.8) is 0 Å². The fourth-order valence-electron chi connectivity index (χ4n) is 3.48. The number of rotatable bonds is 4. The molecule has 134 valence electrons. The van der Waals surface area contributed by atoms with Crippen molar-refractivity contribution in [1.82, 2.24) is 15.3 Å². The number of hydrogen-bond acceptors (Lipinski definition) is 4. The van der Waals surface area contributed by atoms with E-state index in [0.29, 0.717) is 5.95 Å². The van der Waals surface area contributed by atoms with Crippen molar-refractivity contribution in [3.05, 3.63) is 28.4 Å². The summed E-state index contributed by atoms with van der Waals surface area (Å²) in [5.41, 5.74) is 1.84. The van der Waals surface area contributed by atoms with E-state index in [4.69, 9.17) is 10.1 Å². The number of amides is 1. The Kier molecular flexibility index (Phi) is 5.13. The van der Waals surface area contributed by atoms with Crippen LogP contribution in [0, 0.1) is 0 Å². The standard InChI is InChI=1S/C18H23BrN4O2/c1-3-11-8-13(19)9-12-10-20-16(22-15(11)12)21-14-4-6-18(2,7-5-14)23-17(24)25/h8-10,14,23H,3-7H2,1-2H3,(H,24,25)(H,20,21,22). The van der Waals surface area contributed by atoms with Crippen molar-refractivity contribution in [2.45, 2.75) is 57.5 Å². The maximum absolute atomic E-state index is 10.9. The largest absolute Gasteiger partial charge is 0.465 e. The minimum absolute atomic E-state index is 0.265. The Bertz CT molecular complexity index is 788. The minimum Gasteiger partial charge on any atom is -0.465 e. The van der Waals surface area contributed by atoms with Gasteiger partial charge in [0.05, 0.1) is 5.52 Å². The van der Waals surface area contributed by atoms with Gasteiger partial charge in [-0.2, -0.15) is 0 Å². The number of nitrogens with one attached hydrogen (secondary N) is 2. The first-order valence-electron chi connectivity index (χ1n) is 8.61. The first-order chi connectivity index (χ1) is 11.9. The molecule has 3 N–H and O–H groups in total. The number of anilines is 1. The summed E-state index contributed by atoms with van der Waals surface area (Å²) in [6.07, 6.45) is 5.20. The summed E-state index contributed by atoms with van der Waals surface area (Å²) >= 11 is 3.53. The van der Waals surface area contributed by atoms with E-state index in [0.717, 1.165) is 47.5 Å². The molecule has 1 aliphatic carbocycles. The second-order valence-electron chi connectivity index (χ2n) is 6.96. The summed E-state index contributed by atoms with van der Waals surface area (Å²) in [5, 5.41) is 16.0. The summed E-state index contributed by atoms with van der Waals surface area (Å²) in [7, 11) is 0. The molecule has 0 saturated heterocycles. The van der Waals surface area contributed by atoms with E-state index in [1.54, 1.807) is 0 Å². The Labute approximate surface area is 155 Å². The van der Waals surface area contributed by atoms with Crippen LogP contribution in [0.25, 0.3) is 10.9 Å². The highest BCUT2D eigenvalue weighted by molar-refractivity contribution is 9.10. The van der Waals surface area contributed by atoms with E-state index in [9.17, 15) is 4.79 Å². The predicted octanol–water partition coefficient (Wildman–Crippen LogP) is 4.34. The summed E-state index contributed by atoms with van der Waals surface area (Å²) in [5.74, 6) is 0.643. The van der Waals surface area contributed by atoms with Crippen molar-refractivity contribution in [1.29, 1.82) is 0 Å². The van der Waals surface area contributed by atoms with Crippen LogP contribution < -0.4 is 10.6 Å². The Balaban J connectivity index is 1.72. The van der Waals surface area contributed by atoms with E-state index < -0.39 is 6.09 Å². The average Bonchev–Trinajstić information content (AvgIpc) is 2.56. The maximum atomic E-state index is 10.9. The number of fused-ring (bicyclic) bond motifs is 1. The topological polar surface area (TPSA) is 87.1 Å². The number of aromatic nitrogens is 2. The monoisotopic (exact) mass is 406 g/mol. The molecule has 1 fully saturated rings. The van der Waals surface area contributed by atoms with Gasteiger partial charge in [-0.05, 0) is 56.7 Å². The Morgan fingerprint density at radius 1 is 1.40 bits per heavy atom. The van der Waals surface area contributed by atoms with Gasteiger partial charge in [0.15, 0.2) is 0 Å². The lowest BCUT2D eigenvalue weighted by Crippen LogP contribution is -2.49. The summed E-state index contributed by atoms with van der Waals surface area (Å²) < 4.78 is 1.04. The summed E-state index contributed by atoms with van der Waals surface area (Å²) in [4.78, 5) is 20.1. The van der Waals surface area contributed by atoms with Gasteiger partial charge in [-0.15, -0.1) is 0 Å². The molecule has 6 nitrogen and oxygen atoms in total. The van der Waals surface area contributed by atoms with Crippen LogP contribution in [0.4, 0.5) is 10.7 Å². The quantitative estimate of drug-likeness (QED) is 0.702. The molecule has 0 spiro atoms. The van der Waals surface area contributed by atoms with Crippen LogP contribution in [0.1, 0.15) is 45.1 Å². The number of benzene rings is 1. The lowest BCUT2D eigenvalue weighted by molar-refractivity contribution is 0.166. The maximum Gasteiger partial charge on any atom is 0.405 e. The molecule has 7 heteroatoms. The first-order valence-corrected chi connectivity index (χ1v) is 9.41. The van der Waals surface area contributed by atoms with Gasteiger partial charge >= 0.3 is 6.09 Å². The minimum atomic E-state index is -0.954. The van der Waals surface area contributed by atoms with Gasteiger partial charge in [0.25, 0.3) is 0 Å². The molecule has 1 heterocycles. The van der Waals surface area contributed by atoms with Crippen molar-refractivity contribution < 1.29 is 9.90 Å². The average molecular weight is 407 g/mol. The lowest BCUT2D eigenvalue weighted by atomic mass is 9.81. The third-order valence-electron chi connectivity index (χ3n) is 4.94. The third kappa shape index (κ3) is 4.21. The summed E-state index contributed by atoms with van der Waals surface area (Å²) in [6.45, 7) is 4.09. The second kappa shape index (κ2) is 7.15. The van der Waals surface area contributed by atoms with Crippen LogP contribution in [0.15, 0.2) is 22.8 Å². The van der Waals surface area contributed by atoms with Gasteiger partial charge in [0.1, 0.15) is 0 Å². The van der Waals surface area contributed by atoms with Crippen LogP contribution >= 0.6 is 15.9 Å². The molecular formula is C18H23BrN4O2. The third-order valence-corrected chi connectivity index (χ3v) is 5.40. The van der Waals surface area contributed by atoms with Gasteiger partial charge in [-0.1, -0.05) is 22.9 Å². The smallest absolute Gasteiger partial charge is 0.405 e. The second-order valence-corrected chi connectivity index (χ2v) is 7.88. The van der Waals surface area contributed by atoms with Crippen LogP contribution in [0.2, 0.25) is 0 Å². The molecule has 25 heavy (non-hydrogen) atoms. The zero-order chi connectivity index (χ0) is 18.0. The fraction of sp³-hybridized carbons (Fsp3) is 0.500. The molecule has 2 aromatic rings. The predicted molar refractivity (Wildman–Crippen MR) is 102 cm³/mol.